The molecule has 0 spiro atoms. The molecule has 144 valence electrons. The Morgan fingerprint density at radius 2 is 1.85 bits per heavy atom. The number of benzene rings is 1. The van der Waals surface area contributed by atoms with Crippen molar-refractivity contribution in [3.05, 3.63) is 53.7 Å². The number of amides is 1. The van der Waals surface area contributed by atoms with E-state index in [1.165, 1.54) is 11.3 Å². The zero-order chi connectivity index (χ0) is 19.2. The maximum Gasteiger partial charge on any atom is 0.253 e. The van der Waals surface area contributed by atoms with Gasteiger partial charge in [-0.05, 0) is 43.2 Å². The lowest BCUT2D eigenvalue weighted by Crippen LogP contribution is -2.46. The first-order valence-corrected chi connectivity index (χ1v) is 9.86. The molecule has 5 heteroatoms. The Kier molecular flexibility index (Phi) is 6.32. The third-order valence-corrected chi connectivity index (χ3v) is 5.16. The number of aromatic nitrogens is 1. The Bertz CT molecular complexity index is 768. The van der Waals surface area contributed by atoms with Crippen molar-refractivity contribution < 1.29 is 4.79 Å². The number of carbonyl (C=O) groups is 1. The third kappa shape index (κ3) is 4.79. The van der Waals surface area contributed by atoms with Gasteiger partial charge < -0.3 is 14.7 Å². The van der Waals surface area contributed by atoms with E-state index in [0.717, 1.165) is 56.9 Å². The van der Waals surface area contributed by atoms with Crippen molar-refractivity contribution in [2.45, 2.75) is 26.7 Å². The fourth-order valence-corrected chi connectivity index (χ4v) is 3.46. The van der Waals surface area contributed by atoms with Gasteiger partial charge in [0, 0.05) is 57.2 Å². The lowest BCUT2D eigenvalue weighted by atomic mass is 10.2. The summed E-state index contributed by atoms with van der Waals surface area (Å²) in [5, 5.41) is 0. The zero-order valence-corrected chi connectivity index (χ0v) is 16.7. The summed E-state index contributed by atoms with van der Waals surface area (Å²) in [5.41, 5.74) is 3.29. The van der Waals surface area contributed by atoms with Crippen LogP contribution in [-0.2, 0) is 0 Å². The number of anilines is 2. The predicted octanol–water partition coefficient (Wildman–Crippen LogP) is 3.59. The van der Waals surface area contributed by atoms with Crippen LogP contribution in [0, 0.1) is 6.92 Å². The van der Waals surface area contributed by atoms with Crippen molar-refractivity contribution in [2.75, 3.05) is 49.6 Å². The molecular weight excluding hydrogens is 336 g/mol. The highest BCUT2D eigenvalue weighted by atomic mass is 16.2. The van der Waals surface area contributed by atoms with Crippen molar-refractivity contribution >= 4 is 17.4 Å². The summed E-state index contributed by atoms with van der Waals surface area (Å²) in [4.78, 5) is 23.6. The van der Waals surface area contributed by atoms with Gasteiger partial charge in [0.05, 0.1) is 0 Å². The lowest BCUT2D eigenvalue weighted by molar-refractivity contribution is 0.0793. The molecule has 2 aromatic rings. The molecule has 2 heterocycles. The Labute approximate surface area is 162 Å². The van der Waals surface area contributed by atoms with Crippen molar-refractivity contribution in [2.24, 2.45) is 0 Å². The van der Waals surface area contributed by atoms with E-state index in [-0.39, 0.29) is 5.91 Å². The van der Waals surface area contributed by atoms with E-state index in [1.807, 2.05) is 19.2 Å². The molecule has 1 aromatic carbocycles. The summed E-state index contributed by atoms with van der Waals surface area (Å²) in [6.07, 6.45) is 3.87. The molecule has 0 N–H and O–H groups in total. The molecular formula is C22H30N4O. The molecule has 3 rings (SSSR count). The Morgan fingerprint density at radius 1 is 1.11 bits per heavy atom. The Hall–Kier alpha value is -2.56. The molecule has 0 unspecified atom stereocenters. The van der Waals surface area contributed by atoms with Crippen LogP contribution in [0.15, 0.2) is 42.6 Å². The van der Waals surface area contributed by atoms with Crippen molar-refractivity contribution in [1.82, 2.24) is 9.88 Å². The average Bonchev–Trinajstić information content (AvgIpc) is 2.71. The van der Waals surface area contributed by atoms with E-state index in [0.29, 0.717) is 0 Å². The minimum absolute atomic E-state index is 0.0745. The van der Waals surface area contributed by atoms with Crippen LogP contribution in [0.25, 0.3) is 0 Å². The number of carbonyl (C=O) groups excluding carboxylic acids is 1. The molecule has 0 atom stereocenters. The number of rotatable bonds is 6. The van der Waals surface area contributed by atoms with Gasteiger partial charge in [-0.25, -0.2) is 4.98 Å². The molecule has 1 aromatic heterocycles. The van der Waals surface area contributed by atoms with E-state index >= 15 is 0 Å². The van der Waals surface area contributed by atoms with Gasteiger partial charge in [0.1, 0.15) is 5.82 Å². The standard InChI is InChI=1S/C22H30N4O/c1-4-5-11-24(3)22(27)19-9-10-23-21(17-19)26-14-12-25(13-15-26)20-8-6-7-18(2)16-20/h6-10,16-17H,4-5,11-15H2,1-3H3. The minimum atomic E-state index is 0.0745. The number of nitrogens with zero attached hydrogens (tertiary/aromatic N) is 4. The summed E-state index contributed by atoms with van der Waals surface area (Å²) < 4.78 is 0. The summed E-state index contributed by atoms with van der Waals surface area (Å²) in [7, 11) is 1.87. The molecule has 27 heavy (non-hydrogen) atoms. The summed E-state index contributed by atoms with van der Waals surface area (Å²) in [5.74, 6) is 0.971. The fourth-order valence-electron chi connectivity index (χ4n) is 3.46. The number of hydrogen-bond donors (Lipinski definition) is 0. The smallest absolute Gasteiger partial charge is 0.253 e. The van der Waals surface area contributed by atoms with Crippen molar-refractivity contribution in [3.63, 3.8) is 0 Å². The summed E-state index contributed by atoms with van der Waals surface area (Å²) in [6.45, 7) is 8.79. The number of aryl methyl sites for hydroxylation is 1. The van der Waals surface area contributed by atoms with Crippen LogP contribution in [0.4, 0.5) is 11.5 Å². The number of unbranched alkanes of at least 4 members (excludes halogenated alkanes) is 1. The van der Waals surface area contributed by atoms with E-state index in [1.54, 1.807) is 11.1 Å². The van der Waals surface area contributed by atoms with Gasteiger partial charge in [-0.2, -0.15) is 0 Å². The van der Waals surface area contributed by atoms with Crippen LogP contribution in [-0.4, -0.2) is 55.6 Å². The highest BCUT2D eigenvalue weighted by Crippen LogP contribution is 2.21. The van der Waals surface area contributed by atoms with Crippen LogP contribution in [0.2, 0.25) is 0 Å². The normalized spacial score (nSPS) is 14.3. The topological polar surface area (TPSA) is 39.7 Å². The van der Waals surface area contributed by atoms with Gasteiger partial charge in [0.25, 0.3) is 5.91 Å². The van der Waals surface area contributed by atoms with Gasteiger partial charge in [-0.3, -0.25) is 4.79 Å². The molecule has 1 saturated heterocycles. The number of pyridine rings is 1. The van der Waals surface area contributed by atoms with Crippen LogP contribution in [0.5, 0.6) is 0 Å². The van der Waals surface area contributed by atoms with Gasteiger partial charge in [0.15, 0.2) is 0 Å². The molecule has 1 fully saturated rings. The second kappa shape index (κ2) is 8.89. The second-order valence-corrected chi connectivity index (χ2v) is 7.30. The minimum Gasteiger partial charge on any atom is -0.368 e. The maximum absolute atomic E-state index is 12.6. The molecule has 0 saturated carbocycles. The molecule has 0 bridgehead atoms. The van der Waals surface area contributed by atoms with Gasteiger partial charge >= 0.3 is 0 Å². The van der Waals surface area contributed by atoms with E-state index in [4.69, 9.17) is 0 Å². The molecule has 5 nitrogen and oxygen atoms in total. The van der Waals surface area contributed by atoms with E-state index in [9.17, 15) is 4.79 Å². The van der Waals surface area contributed by atoms with Gasteiger partial charge in [-0.15, -0.1) is 0 Å². The first-order chi connectivity index (χ1) is 13.1. The fraction of sp³-hybridized carbons (Fsp3) is 0.455. The lowest BCUT2D eigenvalue weighted by Gasteiger charge is -2.37. The number of piperazine rings is 1. The van der Waals surface area contributed by atoms with Crippen LogP contribution < -0.4 is 9.80 Å². The van der Waals surface area contributed by atoms with Crippen LogP contribution >= 0.6 is 0 Å². The molecule has 0 aliphatic carbocycles. The highest BCUT2D eigenvalue weighted by Gasteiger charge is 2.20. The predicted molar refractivity (Wildman–Crippen MR) is 112 cm³/mol. The largest absolute Gasteiger partial charge is 0.368 e. The van der Waals surface area contributed by atoms with Crippen molar-refractivity contribution in [1.29, 1.82) is 0 Å². The third-order valence-electron chi connectivity index (χ3n) is 5.16. The summed E-state index contributed by atoms with van der Waals surface area (Å²) in [6, 6.07) is 12.4. The van der Waals surface area contributed by atoms with Crippen molar-refractivity contribution in [3.8, 4) is 0 Å². The quantitative estimate of drug-likeness (QED) is 0.783. The Balaban J connectivity index is 1.64. The zero-order valence-electron chi connectivity index (χ0n) is 16.7. The maximum atomic E-state index is 12.6. The summed E-state index contributed by atoms with van der Waals surface area (Å²) >= 11 is 0. The van der Waals surface area contributed by atoms with E-state index < -0.39 is 0 Å². The molecule has 1 aliphatic heterocycles. The monoisotopic (exact) mass is 366 g/mol. The highest BCUT2D eigenvalue weighted by molar-refractivity contribution is 5.94. The molecule has 1 amide bonds. The SMILES string of the molecule is CCCCN(C)C(=O)c1ccnc(N2CCN(c3cccc(C)c3)CC2)c1. The molecule has 0 radical (unpaired) electrons. The Morgan fingerprint density at radius 3 is 2.56 bits per heavy atom. The van der Waals surface area contributed by atoms with E-state index in [2.05, 4.69) is 52.9 Å². The number of hydrogen-bond acceptors (Lipinski definition) is 4. The average molecular weight is 367 g/mol. The van der Waals surface area contributed by atoms with Gasteiger partial charge in [-0.1, -0.05) is 25.5 Å². The first-order valence-electron chi connectivity index (χ1n) is 9.86. The first kappa shape index (κ1) is 19.2. The van der Waals surface area contributed by atoms with Gasteiger partial charge in [0.2, 0.25) is 0 Å². The van der Waals surface area contributed by atoms with Crippen LogP contribution in [0.1, 0.15) is 35.7 Å². The second-order valence-electron chi connectivity index (χ2n) is 7.30. The molecule has 1 aliphatic rings. The van der Waals surface area contributed by atoms with Crippen LogP contribution in [0.3, 0.4) is 0 Å².